The van der Waals surface area contributed by atoms with Gasteiger partial charge in [-0.05, 0) is 49.7 Å². The van der Waals surface area contributed by atoms with Crippen LogP contribution in [-0.2, 0) is 0 Å². The summed E-state index contributed by atoms with van der Waals surface area (Å²) in [6.07, 6.45) is 3.04. The molecule has 0 spiro atoms. The number of amides is 2. The lowest BCUT2D eigenvalue weighted by molar-refractivity contribution is 0.0985. The fourth-order valence-corrected chi connectivity index (χ4v) is 3.12. The van der Waals surface area contributed by atoms with Gasteiger partial charge in [0.05, 0.1) is 11.8 Å². The zero-order valence-electron chi connectivity index (χ0n) is 16.0. The molecule has 0 unspecified atom stereocenters. The van der Waals surface area contributed by atoms with Gasteiger partial charge < -0.3 is 15.6 Å². The van der Waals surface area contributed by atoms with Crippen LogP contribution in [0.2, 0.25) is 0 Å². The normalized spacial score (nSPS) is 10.7. The zero-order chi connectivity index (χ0) is 20.4. The van der Waals surface area contributed by atoms with Gasteiger partial charge in [0.2, 0.25) is 0 Å². The number of anilines is 2. The first-order valence-corrected chi connectivity index (χ1v) is 9.09. The molecule has 2 aromatic carbocycles. The van der Waals surface area contributed by atoms with E-state index >= 15 is 0 Å². The van der Waals surface area contributed by atoms with Crippen molar-refractivity contribution in [1.29, 1.82) is 0 Å². The van der Waals surface area contributed by atoms with Crippen LogP contribution >= 0.6 is 0 Å². The number of carbonyl (C=O) groups excluding carboxylic acids is 2. The molecule has 7 nitrogen and oxygen atoms in total. The van der Waals surface area contributed by atoms with Gasteiger partial charge in [0.1, 0.15) is 5.69 Å². The van der Waals surface area contributed by atoms with Gasteiger partial charge in [-0.3, -0.25) is 14.6 Å². The number of nitrogens with one attached hydrogen (secondary N) is 3. The maximum Gasteiger partial charge on any atom is 0.276 e. The standard InChI is InChI=1S/C22H19N5O2/c1-13-5-7-17(14(2)10-13)27-22(29)20-19(24-12-25-20)21(28)26-16-6-8-18-15(11-16)4-3-9-23-18/h3-12H,1-2H3,(H,24,25)(H,26,28)(H,27,29). The number of hydrogen-bond acceptors (Lipinski definition) is 4. The topological polar surface area (TPSA) is 99.8 Å². The third kappa shape index (κ3) is 3.84. The van der Waals surface area contributed by atoms with E-state index < -0.39 is 11.8 Å². The Kier molecular flexibility index (Phi) is 4.78. The number of nitrogens with zero attached hydrogens (tertiary/aromatic N) is 2. The molecule has 2 heterocycles. The third-order valence-electron chi connectivity index (χ3n) is 4.57. The predicted octanol–water partition coefficient (Wildman–Crippen LogP) is 4.08. The van der Waals surface area contributed by atoms with Crippen molar-refractivity contribution in [2.45, 2.75) is 13.8 Å². The van der Waals surface area contributed by atoms with Crippen LogP contribution in [0, 0.1) is 13.8 Å². The smallest absolute Gasteiger partial charge is 0.276 e. The Hall–Kier alpha value is -4.00. The number of aromatic nitrogens is 3. The number of fused-ring (bicyclic) bond motifs is 1. The summed E-state index contributed by atoms with van der Waals surface area (Å²) in [5.74, 6) is -0.900. The Morgan fingerprint density at radius 3 is 2.62 bits per heavy atom. The highest BCUT2D eigenvalue weighted by Crippen LogP contribution is 2.19. The minimum atomic E-state index is -0.453. The maximum absolute atomic E-state index is 12.7. The average Bonchev–Trinajstić information content (AvgIpc) is 3.20. The molecule has 4 rings (SSSR count). The van der Waals surface area contributed by atoms with Crippen LogP contribution in [0.5, 0.6) is 0 Å². The van der Waals surface area contributed by atoms with E-state index in [2.05, 4.69) is 25.6 Å². The van der Waals surface area contributed by atoms with Crippen molar-refractivity contribution in [3.8, 4) is 0 Å². The SMILES string of the molecule is Cc1ccc(NC(=O)c2nc[nH]c2C(=O)Nc2ccc3ncccc3c2)c(C)c1. The summed E-state index contributed by atoms with van der Waals surface area (Å²) >= 11 is 0. The molecular formula is C22H19N5O2. The van der Waals surface area contributed by atoms with Gasteiger partial charge in [0.15, 0.2) is 5.69 Å². The highest BCUT2D eigenvalue weighted by molar-refractivity contribution is 6.13. The maximum atomic E-state index is 12.7. The van der Waals surface area contributed by atoms with Gasteiger partial charge in [-0.1, -0.05) is 23.8 Å². The van der Waals surface area contributed by atoms with Gasteiger partial charge in [0.25, 0.3) is 11.8 Å². The lowest BCUT2D eigenvalue weighted by Gasteiger charge is -2.09. The van der Waals surface area contributed by atoms with Crippen molar-refractivity contribution in [2.75, 3.05) is 10.6 Å². The molecule has 0 aliphatic carbocycles. The largest absolute Gasteiger partial charge is 0.340 e. The Balaban J connectivity index is 1.54. The number of benzene rings is 2. The molecule has 0 aliphatic rings. The summed E-state index contributed by atoms with van der Waals surface area (Å²) in [4.78, 5) is 36.5. The monoisotopic (exact) mass is 385 g/mol. The van der Waals surface area contributed by atoms with E-state index in [9.17, 15) is 9.59 Å². The van der Waals surface area contributed by atoms with Crippen molar-refractivity contribution in [3.05, 3.63) is 83.6 Å². The van der Waals surface area contributed by atoms with E-state index in [0.29, 0.717) is 11.4 Å². The third-order valence-corrected chi connectivity index (χ3v) is 4.57. The number of imidazole rings is 1. The van der Waals surface area contributed by atoms with Crippen LogP contribution in [0.1, 0.15) is 32.1 Å². The van der Waals surface area contributed by atoms with E-state index in [4.69, 9.17) is 0 Å². The summed E-state index contributed by atoms with van der Waals surface area (Å²) in [6.45, 7) is 3.90. The number of H-pyrrole nitrogens is 1. The molecule has 2 amide bonds. The lowest BCUT2D eigenvalue weighted by atomic mass is 10.1. The molecule has 0 aliphatic heterocycles. The quantitative estimate of drug-likeness (QED) is 0.493. The van der Waals surface area contributed by atoms with E-state index in [1.165, 1.54) is 6.33 Å². The summed E-state index contributed by atoms with van der Waals surface area (Å²) in [5.41, 5.74) is 4.28. The predicted molar refractivity (Wildman–Crippen MR) is 112 cm³/mol. The van der Waals surface area contributed by atoms with Crippen molar-refractivity contribution in [3.63, 3.8) is 0 Å². The van der Waals surface area contributed by atoms with Gasteiger partial charge in [0, 0.05) is 23.0 Å². The first kappa shape index (κ1) is 18.4. The van der Waals surface area contributed by atoms with Crippen LogP contribution in [0.4, 0.5) is 11.4 Å². The van der Waals surface area contributed by atoms with Crippen LogP contribution in [0.25, 0.3) is 10.9 Å². The Labute approximate surface area is 167 Å². The molecule has 0 saturated heterocycles. The number of rotatable bonds is 4. The fraction of sp³-hybridized carbons (Fsp3) is 0.0909. The van der Waals surface area contributed by atoms with Gasteiger partial charge in [-0.2, -0.15) is 0 Å². The van der Waals surface area contributed by atoms with Crippen molar-refractivity contribution >= 4 is 34.1 Å². The molecule has 0 fully saturated rings. The van der Waals surface area contributed by atoms with E-state index in [0.717, 1.165) is 22.0 Å². The summed E-state index contributed by atoms with van der Waals surface area (Å²) in [7, 11) is 0. The Bertz CT molecular complexity index is 1230. The van der Waals surface area contributed by atoms with Gasteiger partial charge in [-0.15, -0.1) is 0 Å². The molecule has 0 saturated carbocycles. The molecular weight excluding hydrogens is 366 g/mol. The van der Waals surface area contributed by atoms with Crippen LogP contribution in [0.15, 0.2) is 61.1 Å². The first-order valence-electron chi connectivity index (χ1n) is 9.09. The molecule has 0 bridgehead atoms. The lowest BCUT2D eigenvalue weighted by Crippen LogP contribution is -2.20. The number of aromatic amines is 1. The summed E-state index contributed by atoms with van der Waals surface area (Å²) in [5, 5.41) is 6.52. The van der Waals surface area contributed by atoms with E-state index in [1.54, 1.807) is 12.3 Å². The van der Waals surface area contributed by atoms with Crippen LogP contribution in [-0.4, -0.2) is 26.8 Å². The highest BCUT2D eigenvalue weighted by atomic mass is 16.2. The van der Waals surface area contributed by atoms with Crippen LogP contribution < -0.4 is 10.6 Å². The van der Waals surface area contributed by atoms with Crippen molar-refractivity contribution in [1.82, 2.24) is 15.0 Å². The molecule has 0 atom stereocenters. The summed E-state index contributed by atoms with van der Waals surface area (Å²) < 4.78 is 0. The molecule has 3 N–H and O–H groups in total. The number of aryl methyl sites for hydroxylation is 2. The van der Waals surface area contributed by atoms with Gasteiger partial charge >= 0.3 is 0 Å². The first-order chi connectivity index (χ1) is 14.0. The molecule has 7 heteroatoms. The second-order valence-corrected chi connectivity index (χ2v) is 6.76. The number of carbonyl (C=O) groups is 2. The van der Waals surface area contributed by atoms with E-state index in [-0.39, 0.29) is 11.4 Å². The highest BCUT2D eigenvalue weighted by Gasteiger charge is 2.21. The number of pyridine rings is 1. The van der Waals surface area contributed by atoms with Crippen molar-refractivity contribution in [2.24, 2.45) is 0 Å². The van der Waals surface area contributed by atoms with E-state index in [1.807, 2.05) is 56.3 Å². The second kappa shape index (κ2) is 7.55. The van der Waals surface area contributed by atoms with Crippen LogP contribution in [0.3, 0.4) is 0 Å². The van der Waals surface area contributed by atoms with Gasteiger partial charge in [-0.25, -0.2) is 4.98 Å². The molecule has 144 valence electrons. The molecule has 0 radical (unpaired) electrons. The second-order valence-electron chi connectivity index (χ2n) is 6.76. The summed E-state index contributed by atoms with van der Waals surface area (Å²) in [6, 6.07) is 14.9. The molecule has 29 heavy (non-hydrogen) atoms. The number of hydrogen-bond donors (Lipinski definition) is 3. The minimum absolute atomic E-state index is 0.0323. The zero-order valence-corrected chi connectivity index (χ0v) is 16.0. The van der Waals surface area contributed by atoms with Crippen molar-refractivity contribution < 1.29 is 9.59 Å². The molecule has 4 aromatic rings. The average molecular weight is 385 g/mol. The fourth-order valence-electron chi connectivity index (χ4n) is 3.12. The minimum Gasteiger partial charge on any atom is -0.340 e. The Morgan fingerprint density at radius 1 is 0.931 bits per heavy atom. The Morgan fingerprint density at radius 2 is 1.79 bits per heavy atom. The molecule has 2 aromatic heterocycles.